The van der Waals surface area contributed by atoms with E-state index in [-0.39, 0.29) is 18.1 Å². The number of amides is 2. The predicted molar refractivity (Wildman–Crippen MR) is 89.8 cm³/mol. The van der Waals surface area contributed by atoms with Crippen LogP contribution in [0.1, 0.15) is 29.1 Å². The molecule has 2 aromatic rings. The van der Waals surface area contributed by atoms with Crippen LogP contribution in [0.3, 0.4) is 0 Å². The van der Waals surface area contributed by atoms with Crippen molar-refractivity contribution in [1.82, 2.24) is 0 Å². The second-order valence-corrected chi connectivity index (χ2v) is 5.41. The van der Waals surface area contributed by atoms with Crippen LogP contribution in [0.25, 0.3) is 0 Å². The summed E-state index contributed by atoms with van der Waals surface area (Å²) >= 11 is 0. The molecule has 0 aromatic heterocycles. The fourth-order valence-corrected chi connectivity index (χ4v) is 2.39. The van der Waals surface area contributed by atoms with Crippen molar-refractivity contribution in [3.63, 3.8) is 0 Å². The molecule has 2 aromatic carbocycles. The summed E-state index contributed by atoms with van der Waals surface area (Å²) in [6.45, 7) is 2.63. The summed E-state index contributed by atoms with van der Waals surface area (Å²) in [7, 11) is 0. The quantitative estimate of drug-likeness (QED) is 0.905. The van der Waals surface area contributed by atoms with Crippen LogP contribution in [-0.4, -0.2) is 25.0 Å². The molecule has 0 bridgehead atoms. The third-order valence-corrected chi connectivity index (χ3v) is 3.53. The number of benzene rings is 2. The highest BCUT2D eigenvalue weighted by atomic mass is 16.7. The number of nitrogens with one attached hydrogen (secondary N) is 2. The molecular formula is C18H18N2O4. The molecule has 1 heterocycles. The van der Waals surface area contributed by atoms with Crippen molar-refractivity contribution in [2.75, 3.05) is 23.8 Å². The number of carbonyl (C=O) groups is 2. The molecule has 2 N–H and O–H groups in total. The van der Waals surface area contributed by atoms with Gasteiger partial charge in [-0.1, -0.05) is 12.1 Å². The first kappa shape index (κ1) is 16.2. The zero-order valence-electron chi connectivity index (χ0n) is 13.2. The number of hydrogen-bond acceptors (Lipinski definition) is 4. The lowest BCUT2D eigenvalue weighted by Crippen LogP contribution is -2.12. The topological polar surface area (TPSA) is 76.7 Å². The molecule has 2 amide bonds. The van der Waals surface area contributed by atoms with E-state index in [0.717, 1.165) is 5.56 Å². The lowest BCUT2D eigenvalue weighted by atomic mass is 10.1. The number of anilines is 2. The van der Waals surface area contributed by atoms with E-state index in [4.69, 9.17) is 9.47 Å². The lowest BCUT2D eigenvalue weighted by molar-refractivity contribution is -0.114. The average Bonchev–Trinajstić information content (AvgIpc) is 3.10. The molecule has 1 fully saturated rings. The summed E-state index contributed by atoms with van der Waals surface area (Å²) in [6, 6.07) is 14.1. The van der Waals surface area contributed by atoms with Crippen LogP contribution in [0.15, 0.2) is 48.5 Å². The van der Waals surface area contributed by atoms with Crippen LogP contribution in [0, 0.1) is 0 Å². The monoisotopic (exact) mass is 326 g/mol. The van der Waals surface area contributed by atoms with Gasteiger partial charge in [0, 0.05) is 29.4 Å². The smallest absolute Gasteiger partial charge is 0.255 e. The molecule has 0 unspecified atom stereocenters. The standard InChI is InChI=1S/C18H18N2O4/c1-12(21)19-15-6-2-13(3-7-15)17(22)20-16-8-4-14(5-9-16)18-23-10-11-24-18/h2-9,18H,10-11H2,1H3,(H,19,21)(H,20,22). The van der Waals surface area contributed by atoms with Crippen LogP contribution in [-0.2, 0) is 14.3 Å². The lowest BCUT2D eigenvalue weighted by Gasteiger charge is -2.11. The Morgan fingerprint density at radius 2 is 1.42 bits per heavy atom. The number of ether oxygens (including phenoxy) is 2. The highest BCUT2D eigenvalue weighted by Gasteiger charge is 2.18. The Hall–Kier alpha value is -2.70. The minimum absolute atomic E-state index is 0.150. The molecule has 1 saturated heterocycles. The van der Waals surface area contributed by atoms with E-state index in [0.29, 0.717) is 30.2 Å². The van der Waals surface area contributed by atoms with E-state index < -0.39 is 0 Å². The van der Waals surface area contributed by atoms with Gasteiger partial charge in [-0.25, -0.2) is 0 Å². The number of hydrogen-bond donors (Lipinski definition) is 2. The summed E-state index contributed by atoms with van der Waals surface area (Å²) in [5.41, 5.74) is 2.77. The Labute approximate surface area is 139 Å². The van der Waals surface area contributed by atoms with Crippen molar-refractivity contribution >= 4 is 23.2 Å². The van der Waals surface area contributed by atoms with Crippen molar-refractivity contribution in [2.45, 2.75) is 13.2 Å². The Morgan fingerprint density at radius 1 is 0.875 bits per heavy atom. The summed E-state index contributed by atoms with van der Waals surface area (Å²) in [5, 5.41) is 5.49. The van der Waals surface area contributed by atoms with Crippen molar-refractivity contribution in [1.29, 1.82) is 0 Å². The summed E-state index contributed by atoms with van der Waals surface area (Å²) in [6.07, 6.45) is -0.323. The summed E-state index contributed by atoms with van der Waals surface area (Å²) in [5.74, 6) is -0.368. The molecule has 6 nitrogen and oxygen atoms in total. The normalized spacial score (nSPS) is 14.4. The molecule has 0 spiro atoms. The predicted octanol–water partition coefficient (Wildman–Crippen LogP) is 2.94. The Kier molecular flexibility index (Phi) is 4.88. The van der Waals surface area contributed by atoms with Gasteiger partial charge in [-0.15, -0.1) is 0 Å². The SMILES string of the molecule is CC(=O)Nc1ccc(C(=O)Nc2ccc(C3OCCO3)cc2)cc1. The molecule has 0 radical (unpaired) electrons. The fourth-order valence-electron chi connectivity index (χ4n) is 2.39. The van der Waals surface area contributed by atoms with E-state index in [1.54, 1.807) is 24.3 Å². The maximum atomic E-state index is 12.2. The van der Waals surface area contributed by atoms with E-state index >= 15 is 0 Å². The molecule has 1 aliphatic heterocycles. The van der Waals surface area contributed by atoms with Crippen LogP contribution < -0.4 is 10.6 Å². The van der Waals surface area contributed by atoms with Crippen LogP contribution in [0.5, 0.6) is 0 Å². The molecule has 0 aliphatic carbocycles. The van der Waals surface area contributed by atoms with E-state index in [1.807, 2.05) is 24.3 Å². The van der Waals surface area contributed by atoms with Gasteiger partial charge in [-0.2, -0.15) is 0 Å². The first-order valence-corrected chi connectivity index (χ1v) is 7.64. The second-order valence-electron chi connectivity index (χ2n) is 5.41. The first-order valence-electron chi connectivity index (χ1n) is 7.64. The van der Waals surface area contributed by atoms with E-state index in [2.05, 4.69) is 10.6 Å². The largest absolute Gasteiger partial charge is 0.346 e. The molecular weight excluding hydrogens is 308 g/mol. The van der Waals surface area contributed by atoms with E-state index in [9.17, 15) is 9.59 Å². The summed E-state index contributed by atoms with van der Waals surface area (Å²) < 4.78 is 10.9. The van der Waals surface area contributed by atoms with Gasteiger partial charge in [0.1, 0.15) is 0 Å². The van der Waals surface area contributed by atoms with Gasteiger partial charge in [0.05, 0.1) is 13.2 Å². The highest BCUT2D eigenvalue weighted by Crippen LogP contribution is 2.24. The Balaban J connectivity index is 1.62. The van der Waals surface area contributed by atoms with Gasteiger partial charge in [0.2, 0.25) is 5.91 Å². The zero-order valence-corrected chi connectivity index (χ0v) is 13.2. The molecule has 0 atom stereocenters. The van der Waals surface area contributed by atoms with Gasteiger partial charge in [-0.05, 0) is 36.4 Å². The second kappa shape index (κ2) is 7.25. The minimum Gasteiger partial charge on any atom is -0.346 e. The fraction of sp³-hybridized carbons (Fsp3) is 0.222. The molecule has 124 valence electrons. The van der Waals surface area contributed by atoms with Crippen molar-refractivity contribution in [3.05, 3.63) is 59.7 Å². The maximum absolute atomic E-state index is 12.2. The number of carbonyl (C=O) groups excluding carboxylic acids is 2. The van der Waals surface area contributed by atoms with Crippen LogP contribution >= 0.6 is 0 Å². The van der Waals surface area contributed by atoms with Crippen molar-refractivity contribution < 1.29 is 19.1 Å². The average molecular weight is 326 g/mol. The van der Waals surface area contributed by atoms with Gasteiger partial charge < -0.3 is 20.1 Å². The third-order valence-electron chi connectivity index (χ3n) is 3.53. The Bertz CT molecular complexity index is 720. The first-order chi connectivity index (χ1) is 11.6. The molecule has 0 saturated carbocycles. The zero-order chi connectivity index (χ0) is 16.9. The van der Waals surface area contributed by atoms with Gasteiger partial charge >= 0.3 is 0 Å². The van der Waals surface area contributed by atoms with Gasteiger partial charge in [0.15, 0.2) is 6.29 Å². The molecule has 6 heteroatoms. The molecule has 1 aliphatic rings. The third kappa shape index (κ3) is 3.98. The van der Waals surface area contributed by atoms with E-state index in [1.165, 1.54) is 6.92 Å². The summed E-state index contributed by atoms with van der Waals surface area (Å²) in [4.78, 5) is 23.2. The van der Waals surface area contributed by atoms with Gasteiger partial charge in [-0.3, -0.25) is 9.59 Å². The van der Waals surface area contributed by atoms with Crippen LogP contribution in [0.4, 0.5) is 11.4 Å². The number of rotatable bonds is 4. The molecule has 3 rings (SSSR count). The Morgan fingerprint density at radius 3 is 2.00 bits per heavy atom. The maximum Gasteiger partial charge on any atom is 0.255 e. The highest BCUT2D eigenvalue weighted by molar-refractivity contribution is 6.04. The van der Waals surface area contributed by atoms with Crippen molar-refractivity contribution in [3.8, 4) is 0 Å². The molecule has 24 heavy (non-hydrogen) atoms. The van der Waals surface area contributed by atoms with Crippen molar-refractivity contribution in [2.24, 2.45) is 0 Å². The van der Waals surface area contributed by atoms with Crippen LogP contribution in [0.2, 0.25) is 0 Å². The van der Waals surface area contributed by atoms with Gasteiger partial charge in [0.25, 0.3) is 5.91 Å². The minimum atomic E-state index is -0.323.